The van der Waals surface area contributed by atoms with Gasteiger partial charge in [-0.25, -0.2) is 14.6 Å². The number of carbonyl (C=O) groups excluding carboxylic acids is 1. The lowest BCUT2D eigenvalue weighted by Gasteiger charge is -2.39. The van der Waals surface area contributed by atoms with E-state index >= 15 is 0 Å². The van der Waals surface area contributed by atoms with Crippen LogP contribution in [0.15, 0.2) is 134 Å². The largest absolute Gasteiger partial charge is 0.497 e. The van der Waals surface area contributed by atoms with Crippen LogP contribution in [0.5, 0.6) is 11.5 Å². The Kier molecular flexibility index (Phi) is 22.9. The van der Waals surface area contributed by atoms with E-state index in [1.54, 1.807) is 38.7 Å². The molecule has 0 radical (unpaired) electrons. The lowest BCUT2D eigenvalue weighted by molar-refractivity contribution is -0.0656. The lowest BCUT2D eigenvalue weighted by Crippen LogP contribution is -2.39. The standard InChI is InChI=1S/C62H72N7O11P/c1-44(2)69(45(3)4)81(79-31-12-27-63)80-52(43-78-62(47-13-8-7-9-14-47,48-18-22-50(71-5)23-19-48)49-20-24-51(72-6)25-21-49)42-77-40-39-76-38-37-75-36-35-74-34-33-73-32-30-66-61(70)46-17-26-55-56(41-46)68-60-54-16-11-29-65-58(54)57-53(59(60)67-55)15-10-28-64-57/h7-11,13-26,28-29,41,44-45,52H,12,30-40,42-43H2,1-6H3,(H,66,70). The number of pyridine rings is 2. The van der Waals surface area contributed by atoms with Crippen molar-refractivity contribution in [2.24, 2.45) is 0 Å². The van der Waals surface area contributed by atoms with E-state index in [4.69, 9.17) is 56.9 Å². The fraction of sp³-hybridized carbons (Fsp3) is 0.387. The Morgan fingerprint density at radius 1 is 0.593 bits per heavy atom. The summed E-state index contributed by atoms with van der Waals surface area (Å²) in [4.78, 5) is 32.2. The quantitative estimate of drug-likeness (QED) is 0.0131. The zero-order valence-electron chi connectivity index (χ0n) is 47.0. The first-order valence-corrected chi connectivity index (χ1v) is 28.4. The number of methoxy groups -OCH3 is 2. The number of fused-ring (bicyclic) bond motifs is 7. The molecular weight excluding hydrogens is 1050 g/mol. The molecule has 426 valence electrons. The van der Waals surface area contributed by atoms with E-state index in [1.165, 1.54) is 0 Å². The van der Waals surface area contributed by atoms with Crippen LogP contribution in [0.25, 0.3) is 43.9 Å². The van der Waals surface area contributed by atoms with Crippen LogP contribution in [0.2, 0.25) is 0 Å². The molecule has 1 amide bonds. The highest BCUT2D eigenvalue weighted by atomic mass is 31.2. The molecule has 2 atom stereocenters. The van der Waals surface area contributed by atoms with Gasteiger partial charge in [0, 0.05) is 47.4 Å². The molecule has 5 aromatic carbocycles. The molecule has 0 spiro atoms. The molecule has 8 aromatic rings. The number of carbonyl (C=O) groups is 1. The lowest BCUT2D eigenvalue weighted by atomic mass is 9.80. The molecule has 3 aromatic heterocycles. The van der Waals surface area contributed by atoms with Gasteiger partial charge in [-0.3, -0.25) is 14.8 Å². The van der Waals surface area contributed by atoms with Crippen LogP contribution in [-0.2, 0) is 43.1 Å². The smallest absolute Gasteiger partial charge is 0.259 e. The Labute approximate surface area is 474 Å². The van der Waals surface area contributed by atoms with E-state index in [-0.39, 0.29) is 44.2 Å². The third-order valence-corrected chi connectivity index (χ3v) is 15.3. The van der Waals surface area contributed by atoms with Gasteiger partial charge in [-0.15, -0.1) is 0 Å². The van der Waals surface area contributed by atoms with Crippen LogP contribution in [0.3, 0.4) is 0 Å². The van der Waals surface area contributed by atoms with Crippen LogP contribution < -0.4 is 14.8 Å². The molecule has 0 saturated carbocycles. The van der Waals surface area contributed by atoms with E-state index in [9.17, 15) is 10.1 Å². The van der Waals surface area contributed by atoms with Crippen molar-refractivity contribution in [1.29, 1.82) is 5.26 Å². The number of nitrogens with zero attached hydrogens (tertiary/aromatic N) is 6. The maximum atomic E-state index is 13.1. The summed E-state index contributed by atoms with van der Waals surface area (Å²) in [6.45, 7) is 12.5. The van der Waals surface area contributed by atoms with Crippen molar-refractivity contribution in [3.8, 4) is 17.6 Å². The summed E-state index contributed by atoms with van der Waals surface area (Å²) in [6, 6.07) is 41.2. The van der Waals surface area contributed by atoms with E-state index in [0.29, 0.717) is 88.1 Å². The van der Waals surface area contributed by atoms with Gasteiger partial charge in [-0.2, -0.15) is 5.26 Å². The molecule has 0 fully saturated rings. The maximum absolute atomic E-state index is 13.1. The first-order valence-electron chi connectivity index (χ1n) is 27.3. The Bertz CT molecular complexity index is 3220. The van der Waals surface area contributed by atoms with Gasteiger partial charge in [0.1, 0.15) is 23.2 Å². The molecule has 0 aliphatic rings. The molecule has 1 N–H and O–H groups in total. The molecule has 8 rings (SSSR count). The Balaban J connectivity index is 0.769. The Morgan fingerprint density at radius 2 is 1.11 bits per heavy atom. The Morgan fingerprint density at radius 3 is 1.64 bits per heavy atom. The molecule has 0 aliphatic heterocycles. The van der Waals surface area contributed by atoms with Gasteiger partial charge in [0.15, 0.2) is 0 Å². The fourth-order valence-electron chi connectivity index (χ4n) is 9.40. The summed E-state index contributed by atoms with van der Waals surface area (Å²) < 4.78 is 63.1. The average molecular weight is 1120 g/mol. The normalized spacial score (nSPS) is 12.7. The molecule has 0 bridgehead atoms. The van der Waals surface area contributed by atoms with Gasteiger partial charge in [0.25, 0.3) is 14.4 Å². The predicted octanol–water partition coefficient (Wildman–Crippen LogP) is 10.4. The molecule has 0 aliphatic carbocycles. The van der Waals surface area contributed by atoms with Gasteiger partial charge >= 0.3 is 0 Å². The second kappa shape index (κ2) is 30.8. The average Bonchev–Trinajstić information content (AvgIpc) is 3.64. The SMILES string of the molecule is COc1ccc(C(OCC(COCCOCCOCCOCCOCCNC(=O)c2ccc3nc4c5cccnc5c5ncccc5c4nc3c2)OP(OCCC#N)N(C(C)C)C(C)C)(c2ccccc2)c2ccc(OC)cc2)cc1. The molecule has 0 saturated heterocycles. The van der Waals surface area contributed by atoms with Crippen molar-refractivity contribution in [3.05, 3.63) is 156 Å². The van der Waals surface area contributed by atoms with Crippen LogP contribution in [-0.4, -0.2) is 149 Å². The van der Waals surface area contributed by atoms with Crippen LogP contribution in [0.1, 0.15) is 61.2 Å². The van der Waals surface area contributed by atoms with Crippen LogP contribution in [0.4, 0.5) is 0 Å². The second-order valence-corrected chi connectivity index (χ2v) is 20.7. The number of nitrogens with one attached hydrogen (secondary N) is 1. The number of nitriles is 1. The molecule has 81 heavy (non-hydrogen) atoms. The summed E-state index contributed by atoms with van der Waals surface area (Å²) >= 11 is 0. The number of amides is 1. The zero-order chi connectivity index (χ0) is 56.8. The van der Waals surface area contributed by atoms with E-state index in [2.05, 4.69) is 65.9 Å². The molecule has 2 unspecified atom stereocenters. The molecule has 3 heterocycles. The van der Waals surface area contributed by atoms with Gasteiger partial charge in [-0.1, -0.05) is 54.6 Å². The van der Waals surface area contributed by atoms with Gasteiger partial charge in [0.2, 0.25) is 0 Å². The summed E-state index contributed by atoms with van der Waals surface area (Å²) in [5, 5.41) is 14.1. The van der Waals surface area contributed by atoms with Crippen molar-refractivity contribution in [1.82, 2.24) is 29.9 Å². The van der Waals surface area contributed by atoms with Crippen molar-refractivity contribution in [3.63, 3.8) is 0 Å². The van der Waals surface area contributed by atoms with Gasteiger partial charge in [-0.05, 0) is 111 Å². The highest BCUT2D eigenvalue weighted by molar-refractivity contribution is 7.44. The zero-order valence-corrected chi connectivity index (χ0v) is 47.8. The van der Waals surface area contributed by atoms with Crippen LogP contribution in [0, 0.1) is 11.3 Å². The third kappa shape index (κ3) is 15.8. The molecule has 19 heteroatoms. The van der Waals surface area contributed by atoms with Crippen molar-refractivity contribution < 1.29 is 51.7 Å². The van der Waals surface area contributed by atoms with Gasteiger partial charge < -0.3 is 52.3 Å². The topological polar surface area (TPSA) is 200 Å². The minimum atomic E-state index is -1.64. The van der Waals surface area contributed by atoms with E-state index in [0.717, 1.165) is 55.5 Å². The molecular formula is C62H72N7O11P. The number of ether oxygens (including phenoxy) is 8. The highest BCUT2D eigenvalue weighted by Crippen LogP contribution is 2.48. The number of aromatic nitrogens is 4. The summed E-state index contributed by atoms with van der Waals surface area (Å²) in [6.07, 6.45) is 3.11. The van der Waals surface area contributed by atoms with E-state index in [1.807, 2.05) is 97.1 Å². The number of rotatable bonds is 34. The predicted molar refractivity (Wildman–Crippen MR) is 312 cm³/mol. The summed E-state index contributed by atoms with van der Waals surface area (Å²) in [7, 11) is 1.65. The van der Waals surface area contributed by atoms with Gasteiger partial charge in [0.05, 0.1) is 139 Å². The van der Waals surface area contributed by atoms with Crippen molar-refractivity contribution in [2.75, 3.05) is 100 Å². The van der Waals surface area contributed by atoms with Crippen molar-refractivity contribution >= 4 is 58.3 Å². The Hall–Kier alpha value is -6.85. The third-order valence-electron chi connectivity index (χ3n) is 13.2. The van der Waals surface area contributed by atoms with E-state index < -0.39 is 20.2 Å². The minimum absolute atomic E-state index is 0.0852. The summed E-state index contributed by atoms with van der Waals surface area (Å²) in [5.74, 6) is 1.21. The first-order chi connectivity index (χ1) is 39.6. The number of benzene rings is 5. The fourth-order valence-corrected chi connectivity index (χ4v) is 11.1. The summed E-state index contributed by atoms with van der Waals surface area (Å²) in [5.41, 5.74) is 6.33. The van der Waals surface area contributed by atoms with Crippen molar-refractivity contribution in [2.45, 2.75) is 57.9 Å². The first kappa shape index (κ1) is 60.3. The maximum Gasteiger partial charge on any atom is 0.259 e. The number of hydrogen-bond donors (Lipinski definition) is 1. The number of hydrogen-bond acceptors (Lipinski definition) is 17. The van der Waals surface area contributed by atoms with Crippen LogP contribution >= 0.6 is 8.53 Å². The minimum Gasteiger partial charge on any atom is -0.497 e. The highest BCUT2D eigenvalue weighted by Gasteiger charge is 2.40. The molecule has 18 nitrogen and oxygen atoms in total. The second-order valence-electron chi connectivity index (χ2n) is 19.3. The monoisotopic (exact) mass is 1120 g/mol.